The molecule has 0 saturated carbocycles. The highest BCUT2D eigenvalue weighted by Gasteiger charge is 2.32. The van der Waals surface area contributed by atoms with Crippen molar-refractivity contribution in [1.29, 1.82) is 0 Å². The largest absolute Gasteiger partial charge is 0.573 e. The third kappa shape index (κ3) is 6.03. The molecule has 0 aliphatic heterocycles. The zero-order valence-electron chi connectivity index (χ0n) is 13.1. The lowest BCUT2D eigenvalue weighted by Gasteiger charge is -2.15. The molecule has 26 heavy (non-hydrogen) atoms. The fourth-order valence-corrected chi connectivity index (χ4v) is 2.42. The number of nitrogens with one attached hydrogen (secondary N) is 1. The van der Waals surface area contributed by atoms with Crippen LogP contribution in [0.3, 0.4) is 0 Å². The first-order valence-electron chi connectivity index (χ1n) is 7.21. The van der Waals surface area contributed by atoms with Crippen molar-refractivity contribution in [2.24, 2.45) is 0 Å². The second-order valence-corrected chi connectivity index (χ2v) is 6.35. The van der Waals surface area contributed by atoms with Crippen LogP contribution in [-0.2, 0) is 11.2 Å². The first kappa shape index (κ1) is 20.3. The van der Waals surface area contributed by atoms with Gasteiger partial charge in [0.2, 0.25) is 5.91 Å². The molecule has 0 unspecified atom stereocenters. The molecule has 0 fully saturated rings. The van der Waals surface area contributed by atoms with Gasteiger partial charge in [-0.15, -0.1) is 24.8 Å². The van der Waals surface area contributed by atoms with Crippen LogP contribution < -0.4 is 10.1 Å². The number of benzene rings is 2. The number of carbonyl (C=O) groups is 2. The number of rotatable bonds is 6. The molecule has 0 atom stereocenters. The number of hydrogen-bond donors (Lipinski definition) is 1. The molecule has 0 aliphatic rings. The van der Waals surface area contributed by atoms with Crippen molar-refractivity contribution in [3.05, 3.63) is 58.1 Å². The normalized spacial score (nSPS) is 11.1. The first-order valence-corrected chi connectivity index (χ1v) is 8.54. The molecular weight excluding hydrogens is 439 g/mol. The van der Waals surface area contributed by atoms with Crippen LogP contribution in [0.2, 0.25) is 0 Å². The summed E-state index contributed by atoms with van der Waals surface area (Å²) in [7, 11) is 0. The molecule has 0 bridgehead atoms. The number of hydrogen-bond acceptors (Lipinski definition) is 3. The van der Waals surface area contributed by atoms with E-state index in [1.54, 1.807) is 24.3 Å². The molecule has 0 radical (unpaired) electrons. The van der Waals surface area contributed by atoms with Crippen LogP contribution in [0, 0.1) is 0 Å². The zero-order chi connectivity index (χ0) is 19.3. The predicted molar refractivity (Wildman–Crippen MR) is 94.7 cm³/mol. The van der Waals surface area contributed by atoms with Crippen LogP contribution in [0.1, 0.15) is 15.9 Å². The van der Waals surface area contributed by atoms with Gasteiger partial charge >= 0.3 is 6.36 Å². The number of halogens is 5. The van der Waals surface area contributed by atoms with Crippen LogP contribution >= 0.6 is 27.5 Å². The molecule has 1 N–H and O–H groups in total. The Labute approximate surface area is 160 Å². The molecule has 9 heteroatoms. The number of ether oxygens (including phenoxy) is 1. The maximum atomic E-state index is 12.5. The van der Waals surface area contributed by atoms with E-state index >= 15 is 0 Å². The summed E-state index contributed by atoms with van der Waals surface area (Å²) in [6.45, 7) is 0. The summed E-state index contributed by atoms with van der Waals surface area (Å²) < 4.78 is 42.2. The number of Topliss-reactive ketones (excluding diaryl/α,β-unsaturated/α-hetero) is 1. The van der Waals surface area contributed by atoms with E-state index in [4.69, 9.17) is 11.6 Å². The van der Waals surface area contributed by atoms with Crippen LogP contribution in [0.25, 0.3) is 0 Å². The van der Waals surface area contributed by atoms with Crippen molar-refractivity contribution in [1.82, 2.24) is 0 Å². The molecule has 1 amide bonds. The average Bonchev–Trinajstić information content (AvgIpc) is 2.57. The minimum atomic E-state index is -4.94. The highest BCUT2D eigenvalue weighted by Crippen LogP contribution is 2.31. The lowest BCUT2D eigenvalue weighted by Crippen LogP contribution is -2.20. The van der Waals surface area contributed by atoms with Gasteiger partial charge in [0.1, 0.15) is 5.88 Å². The number of alkyl halides is 4. The Kier molecular flexibility index (Phi) is 6.66. The van der Waals surface area contributed by atoms with E-state index in [9.17, 15) is 22.8 Å². The maximum Gasteiger partial charge on any atom is 0.573 e. The molecule has 2 aromatic carbocycles. The molecule has 138 valence electrons. The van der Waals surface area contributed by atoms with Crippen LogP contribution in [-0.4, -0.2) is 23.9 Å². The van der Waals surface area contributed by atoms with Gasteiger partial charge in [0.15, 0.2) is 11.5 Å². The second kappa shape index (κ2) is 8.55. The molecule has 2 rings (SSSR count). The Morgan fingerprint density at radius 1 is 1.12 bits per heavy atom. The summed E-state index contributed by atoms with van der Waals surface area (Å²) in [6.07, 6.45) is -4.89. The van der Waals surface area contributed by atoms with Crippen molar-refractivity contribution in [3.8, 4) is 5.75 Å². The van der Waals surface area contributed by atoms with Gasteiger partial charge < -0.3 is 10.1 Å². The number of carbonyl (C=O) groups excluding carboxylic acids is 2. The van der Waals surface area contributed by atoms with Crippen molar-refractivity contribution < 1.29 is 27.5 Å². The molecule has 0 heterocycles. The van der Waals surface area contributed by atoms with Gasteiger partial charge in [0.05, 0.1) is 5.69 Å². The summed E-state index contributed by atoms with van der Waals surface area (Å²) in [4.78, 5) is 23.8. The Hall–Kier alpha value is -2.06. The van der Waals surface area contributed by atoms with Gasteiger partial charge in [0.25, 0.3) is 0 Å². The van der Waals surface area contributed by atoms with E-state index in [1.165, 1.54) is 6.07 Å². The van der Waals surface area contributed by atoms with Gasteiger partial charge in [-0.2, -0.15) is 0 Å². The minimum Gasteiger partial charge on any atom is -0.404 e. The van der Waals surface area contributed by atoms with Crippen LogP contribution in [0.15, 0.2) is 46.9 Å². The van der Waals surface area contributed by atoms with Gasteiger partial charge in [-0.3, -0.25) is 9.59 Å². The molecule has 4 nitrogen and oxygen atoms in total. The SMILES string of the molecule is O=C(CCl)Nc1cc(C(=O)Cc2ccc(Br)cc2)ccc1OC(F)(F)F. The van der Waals surface area contributed by atoms with Gasteiger partial charge in [-0.05, 0) is 35.9 Å². The Balaban J connectivity index is 2.27. The van der Waals surface area contributed by atoms with Crippen molar-refractivity contribution in [2.75, 3.05) is 11.2 Å². The van der Waals surface area contributed by atoms with Crippen LogP contribution in [0.5, 0.6) is 5.75 Å². The topological polar surface area (TPSA) is 55.4 Å². The summed E-state index contributed by atoms with van der Waals surface area (Å²) in [5.41, 5.74) is 0.585. The fraction of sp³-hybridized carbons (Fsp3) is 0.176. The van der Waals surface area contributed by atoms with Gasteiger partial charge in [-0.1, -0.05) is 28.1 Å². The number of amides is 1. The zero-order valence-corrected chi connectivity index (χ0v) is 15.4. The molecule has 0 aliphatic carbocycles. The van der Waals surface area contributed by atoms with Crippen molar-refractivity contribution in [2.45, 2.75) is 12.8 Å². The lowest BCUT2D eigenvalue weighted by atomic mass is 10.0. The smallest absolute Gasteiger partial charge is 0.404 e. The van der Waals surface area contributed by atoms with Gasteiger partial charge in [-0.25, -0.2) is 0 Å². The van der Waals surface area contributed by atoms with E-state index in [0.29, 0.717) is 0 Å². The first-order chi connectivity index (χ1) is 12.2. The third-order valence-corrected chi connectivity index (χ3v) is 3.97. The highest BCUT2D eigenvalue weighted by atomic mass is 79.9. The van der Waals surface area contributed by atoms with Crippen molar-refractivity contribution in [3.63, 3.8) is 0 Å². The maximum absolute atomic E-state index is 12.5. The quantitative estimate of drug-likeness (QED) is 0.500. The van der Waals surface area contributed by atoms with E-state index in [2.05, 4.69) is 26.0 Å². The van der Waals surface area contributed by atoms with E-state index < -0.39 is 23.9 Å². The molecule has 0 saturated heterocycles. The molecule has 0 spiro atoms. The second-order valence-electron chi connectivity index (χ2n) is 5.17. The fourth-order valence-electron chi connectivity index (χ4n) is 2.09. The predicted octanol–water partition coefficient (Wildman–Crippen LogP) is 4.95. The van der Waals surface area contributed by atoms with E-state index in [0.717, 1.165) is 22.2 Å². The Morgan fingerprint density at radius 2 is 1.77 bits per heavy atom. The Bertz CT molecular complexity index is 810. The lowest BCUT2D eigenvalue weighted by molar-refractivity contribution is -0.274. The number of anilines is 1. The molecule has 0 aromatic heterocycles. The molecular formula is C17H12BrClF3NO3. The summed E-state index contributed by atoms with van der Waals surface area (Å²) in [5, 5.41) is 2.20. The summed E-state index contributed by atoms with van der Waals surface area (Å²) in [5.74, 6) is -2.14. The molecule has 2 aromatic rings. The summed E-state index contributed by atoms with van der Waals surface area (Å²) in [6, 6.07) is 10.4. The Morgan fingerprint density at radius 3 is 2.35 bits per heavy atom. The van der Waals surface area contributed by atoms with E-state index in [-0.39, 0.29) is 23.5 Å². The van der Waals surface area contributed by atoms with Gasteiger partial charge in [0, 0.05) is 16.5 Å². The van der Waals surface area contributed by atoms with Crippen molar-refractivity contribution >= 4 is 44.9 Å². The van der Waals surface area contributed by atoms with E-state index in [1.807, 2.05) is 0 Å². The summed E-state index contributed by atoms with van der Waals surface area (Å²) >= 11 is 8.65. The highest BCUT2D eigenvalue weighted by molar-refractivity contribution is 9.10. The third-order valence-electron chi connectivity index (χ3n) is 3.20. The number of ketones is 1. The standard InChI is InChI=1S/C17H12BrClF3NO3/c18-12-4-1-10(2-5-12)7-14(24)11-3-6-15(26-17(20,21)22)13(8-11)23-16(25)9-19/h1-6,8H,7,9H2,(H,23,25). The monoisotopic (exact) mass is 449 g/mol. The average molecular weight is 451 g/mol. The minimum absolute atomic E-state index is 0.0512. The van der Waals surface area contributed by atoms with Crippen LogP contribution in [0.4, 0.5) is 18.9 Å².